The topological polar surface area (TPSA) is 87.1 Å². The molecule has 6 nitrogen and oxygen atoms in total. The van der Waals surface area contributed by atoms with Gasteiger partial charge in [-0.1, -0.05) is 24.3 Å². The van der Waals surface area contributed by atoms with Crippen molar-refractivity contribution in [1.29, 1.82) is 0 Å². The first-order valence-electron chi connectivity index (χ1n) is 10.00. The summed E-state index contributed by atoms with van der Waals surface area (Å²) >= 11 is 0. The molecule has 4 rings (SSSR count). The third kappa shape index (κ3) is 3.69. The number of aliphatic hydroxyl groups excluding tert-OH is 1. The van der Waals surface area contributed by atoms with E-state index >= 15 is 0 Å². The smallest absolute Gasteiger partial charge is 0.300 e. The number of phenols is 1. The molecule has 1 heterocycles. The molecule has 3 aromatic carbocycles. The minimum atomic E-state index is -1.06. The number of para-hydroxylation sites is 2. The molecule has 7 heteroatoms. The first kappa shape index (κ1) is 21.1. The lowest BCUT2D eigenvalue weighted by molar-refractivity contribution is -0.132. The molecule has 162 valence electrons. The Balaban J connectivity index is 1.90. The van der Waals surface area contributed by atoms with Crippen LogP contribution in [0.3, 0.4) is 0 Å². The summed E-state index contributed by atoms with van der Waals surface area (Å²) < 4.78 is 19.0. The van der Waals surface area contributed by atoms with E-state index in [4.69, 9.17) is 4.74 Å². The van der Waals surface area contributed by atoms with Crippen LogP contribution in [0.2, 0.25) is 0 Å². The quantitative estimate of drug-likeness (QED) is 0.350. The fraction of sp³-hybridized carbons (Fsp3) is 0.120. The van der Waals surface area contributed by atoms with Crippen LogP contribution in [0.15, 0.2) is 78.4 Å². The van der Waals surface area contributed by atoms with Crippen LogP contribution in [0, 0.1) is 5.82 Å². The highest BCUT2D eigenvalue weighted by atomic mass is 19.1. The molecule has 32 heavy (non-hydrogen) atoms. The number of ketones is 1. The number of anilines is 1. The van der Waals surface area contributed by atoms with Gasteiger partial charge in [-0.15, -0.1) is 0 Å². The van der Waals surface area contributed by atoms with Gasteiger partial charge in [0.15, 0.2) is 0 Å². The molecule has 0 saturated carbocycles. The second-order valence-electron chi connectivity index (χ2n) is 7.17. The number of amides is 1. The fourth-order valence-electron chi connectivity index (χ4n) is 3.74. The molecule has 0 aromatic heterocycles. The Labute approximate surface area is 183 Å². The molecule has 1 atom stereocenters. The van der Waals surface area contributed by atoms with E-state index in [1.54, 1.807) is 36.4 Å². The third-order valence-corrected chi connectivity index (χ3v) is 5.21. The summed E-state index contributed by atoms with van der Waals surface area (Å²) in [6.07, 6.45) is 0. The number of benzene rings is 3. The van der Waals surface area contributed by atoms with Crippen molar-refractivity contribution in [3.05, 3.63) is 95.3 Å². The second-order valence-corrected chi connectivity index (χ2v) is 7.17. The molecule has 1 aliphatic rings. The lowest BCUT2D eigenvalue weighted by Crippen LogP contribution is -2.29. The molecule has 0 aliphatic carbocycles. The molecule has 2 N–H and O–H groups in total. The minimum absolute atomic E-state index is 0.106. The summed E-state index contributed by atoms with van der Waals surface area (Å²) in [5.41, 5.74) is 0.667. The summed E-state index contributed by atoms with van der Waals surface area (Å²) in [6, 6.07) is 16.8. The highest BCUT2D eigenvalue weighted by Gasteiger charge is 2.47. The molecule has 1 unspecified atom stereocenters. The number of ether oxygens (including phenoxy) is 1. The predicted octanol–water partition coefficient (Wildman–Crippen LogP) is 4.56. The maximum absolute atomic E-state index is 13.6. The summed E-state index contributed by atoms with van der Waals surface area (Å²) in [5, 5.41) is 21.4. The maximum Gasteiger partial charge on any atom is 0.300 e. The molecular weight excluding hydrogens is 413 g/mol. The van der Waals surface area contributed by atoms with Crippen LogP contribution in [0.1, 0.15) is 24.1 Å². The van der Waals surface area contributed by atoms with Crippen LogP contribution in [0.5, 0.6) is 11.5 Å². The average Bonchev–Trinajstić information content (AvgIpc) is 3.05. The number of hydrogen-bond acceptors (Lipinski definition) is 5. The van der Waals surface area contributed by atoms with Crippen LogP contribution in [-0.4, -0.2) is 28.5 Å². The van der Waals surface area contributed by atoms with Crippen molar-refractivity contribution in [1.82, 2.24) is 0 Å². The van der Waals surface area contributed by atoms with Gasteiger partial charge in [0.25, 0.3) is 11.7 Å². The second kappa shape index (κ2) is 8.55. The fourth-order valence-corrected chi connectivity index (χ4v) is 3.74. The Kier molecular flexibility index (Phi) is 5.64. The van der Waals surface area contributed by atoms with Crippen molar-refractivity contribution >= 4 is 23.1 Å². The van der Waals surface area contributed by atoms with Crippen LogP contribution >= 0.6 is 0 Å². The van der Waals surface area contributed by atoms with Gasteiger partial charge < -0.3 is 14.9 Å². The lowest BCUT2D eigenvalue weighted by Gasteiger charge is -2.26. The maximum atomic E-state index is 13.6. The Morgan fingerprint density at radius 1 is 1.00 bits per heavy atom. The number of aliphatic hydroxyl groups is 1. The van der Waals surface area contributed by atoms with E-state index in [9.17, 15) is 24.2 Å². The summed E-state index contributed by atoms with van der Waals surface area (Å²) in [4.78, 5) is 27.2. The highest BCUT2D eigenvalue weighted by molar-refractivity contribution is 6.51. The van der Waals surface area contributed by atoms with Crippen molar-refractivity contribution in [2.75, 3.05) is 11.5 Å². The number of nitrogens with zero attached hydrogens (tertiary/aromatic N) is 1. The van der Waals surface area contributed by atoms with Gasteiger partial charge in [-0.3, -0.25) is 14.5 Å². The van der Waals surface area contributed by atoms with Crippen LogP contribution in [0.4, 0.5) is 10.1 Å². The van der Waals surface area contributed by atoms with Crippen LogP contribution < -0.4 is 9.64 Å². The number of rotatable bonds is 5. The number of carbonyl (C=O) groups is 2. The average molecular weight is 433 g/mol. The Morgan fingerprint density at radius 2 is 1.66 bits per heavy atom. The van der Waals surface area contributed by atoms with E-state index in [-0.39, 0.29) is 22.8 Å². The van der Waals surface area contributed by atoms with E-state index in [2.05, 4.69) is 0 Å². The van der Waals surface area contributed by atoms with Crippen molar-refractivity contribution in [3.8, 4) is 11.5 Å². The van der Waals surface area contributed by atoms with Gasteiger partial charge >= 0.3 is 0 Å². The summed E-state index contributed by atoms with van der Waals surface area (Å²) in [7, 11) is 0. The summed E-state index contributed by atoms with van der Waals surface area (Å²) in [6.45, 7) is 2.32. The normalized spacial score (nSPS) is 17.6. The van der Waals surface area contributed by atoms with Crippen molar-refractivity contribution < 1.29 is 28.9 Å². The zero-order valence-electron chi connectivity index (χ0n) is 17.2. The molecular formula is C25H20FNO5. The Hall–Kier alpha value is -4.13. The number of Topliss-reactive ketones (excluding diaryl/α,β-unsaturated/α-hetero) is 1. The molecule has 3 aromatic rings. The first-order chi connectivity index (χ1) is 15.4. The SMILES string of the molecule is CCOc1ccc(/C(O)=C2\C(=O)C(=O)N(c3ccccc3O)C2c2ccc(F)cc2)cc1. The number of aromatic hydroxyl groups is 1. The highest BCUT2D eigenvalue weighted by Crippen LogP contribution is 2.44. The Bertz CT molecular complexity index is 1200. The van der Waals surface area contributed by atoms with Crippen molar-refractivity contribution in [2.45, 2.75) is 13.0 Å². The molecule has 0 bridgehead atoms. The van der Waals surface area contributed by atoms with E-state index in [0.29, 0.717) is 23.5 Å². The number of carbonyl (C=O) groups excluding carboxylic acids is 2. The molecule has 1 saturated heterocycles. The van der Waals surface area contributed by atoms with Crippen molar-refractivity contribution in [2.24, 2.45) is 0 Å². The van der Waals surface area contributed by atoms with Crippen LogP contribution in [-0.2, 0) is 9.59 Å². The van der Waals surface area contributed by atoms with Gasteiger partial charge in [0.1, 0.15) is 23.1 Å². The molecule has 1 fully saturated rings. The van der Waals surface area contributed by atoms with Gasteiger partial charge in [-0.2, -0.15) is 0 Å². The predicted molar refractivity (Wildman–Crippen MR) is 117 cm³/mol. The monoisotopic (exact) mass is 433 g/mol. The minimum Gasteiger partial charge on any atom is -0.507 e. The van der Waals surface area contributed by atoms with Gasteiger partial charge in [-0.25, -0.2) is 4.39 Å². The van der Waals surface area contributed by atoms with Crippen LogP contribution in [0.25, 0.3) is 5.76 Å². The van der Waals surface area contributed by atoms with Gasteiger partial charge in [0.2, 0.25) is 0 Å². The van der Waals surface area contributed by atoms with Crippen molar-refractivity contribution in [3.63, 3.8) is 0 Å². The number of halogens is 1. The molecule has 0 radical (unpaired) electrons. The van der Waals surface area contributed by atoms with Gasteiger partial charge in [0, 0.05) is 5.56 Å². The molecule has 1 amide bonds. The molecule has 0 spiro atoms. The lowest BCUT2D eigenvalue weighted by atomic mass is 9.95. The Morgan fingerprint density at radius 3 is 2.28 bits per heavy atom. The summed E-state index contributed by atoms with van der Waals surface area (Å²) in [5.74, 6) is -2.29. The number of phenolic OH excluding ortho intramolecular Hbond substituents is 1. The van der Waals surface area contributed by atoms with E-state index < -0.39 is 23.5 Å². The zero-order valence-corrected chi connectivity index (χ0v) is 17.2. The molecule has 1 aliphatic heterocycles. The number of hydrogen-bond donors (Lipinski definition) is 2. The van der Waals surface area contributed by atoms with E-state index in [0.717, 1.165) is 4.90 Å². The third-order valence-electron chi connectivity index (χ3n) is 5.21. The van der Waals surface area contributed by atoms with E-state index in [1.165, 1.54) is 36.4 Å². The first-order valence-corrected chi connectivity index (χ1v) is 10.00. The standard InChI is InChI=1S/C25H20FNO5/c1-2-32-18-13-9-16(10-14-18)23(29)21-22(15-7-11-17(26)12-8-15)27(25(31)24(21)30)19-5-3-4-6-20(19)28/h3-14,22,28-29H,2H2,1H3/b23-21+. The largest absolute Gasteiger partial charge is 0.507 e. The van der Waals surface area contributed by atoms with E-state index in [1.807, 2.05) is 6.92 Å². The van der Waals surface area contributed by atoms with Gasteiger partial charge in [0.05, 0.1) is 23.9 Å². The zero-order chi connectivity index (χ0) is 22.8. The van der Waals surface area contributed by atoms with Gasteiger partial charge in [-0.05, 0) is 61.0 Å².